The molecule has 5 nitrogen and oxygen atoms in total. The molecule has 0 aromatic heterocycles. The summed E-state index contributed by atoms with van der Waals surface area (Å²) in [6, 6.07) is -0.339. The lowest BCUT2D eigenvalue weighted by Crippen LogP contribution is -2.51. The first-order valence-corrected chi connectivity index (χ1v) is 5.89. The fourth-order valence-electron chi connectivity index (χ4n) is 1.73. The van der Waals surface area contributed by atoms with Crippen molar-refractivity contribution in [1.82, 2.24) is 10.6 Å². The zero-order valence-electron chi connectivity index (χ0n) is 10.5. The summed E-state index contributed by atoms with van der Waals surface area (Å²) in [5.74, 6) is -0.483. The van der Waals surface area contributed by atoms with Gasteiger partial charge in [0.15, 0.2) is 0 Å². The number of piperidine rings is 1. The number of carbonyl (C=O) groups excluding carboxylic acids is 2. The van der Waals surface area contributed by atoms with Gasteiger partial charge in [0.2, 0.25) is 11.8 Å². The minimum atomic E-state index is -0.339. The molecule has 1 atom stereocenters. The summed E-state index contributed by atoms with van der Waals surface area (Å²) < 4.78 is 0. The molecule has 2 amide bonds. The third kappa shape index (κ3) is 3.85. The number of nitrogens with one attached hydrogen (secondary N) is 2. The van der Waals surface area contributed by atoms with E-state index in [-0.39, 0.29) is 17.9 Å². The maximum absolute atomic E-state index is 11.5. The number of carbonyl (C=O) groups is 2. The van der Waals surface area contributed by atoms with Crippen molar-refractivity contribution in [2.24, 2.45) is 5.73 Å². The van der Waals surface area contributed by atoms with Crippen LogP contribution in [0.3, 0.4) is 0 Å². The van der Waals surface area contributed by atoms with Crippen LogP contribution in [0.25, 0.3) is 0 Å². The van der Waals surface area contributed by atoms with Crippen LogP contribution in [0.15, 0.2) is 36.1 Å². The normalized spacial score (nSPS) is 21.7. The Balaban J connectivity index is 2.54. The zero-order chi connectivity index (χ0) is 13.5. The fraction of sp³-hybridized carbons (Fsp3) is 0.385. The highest BCUT2D eigenvalue weighted by Crippen LogP contribution is 2.07. The Morgan fingerprint density at radius 1 is 1.61 bits per heavy atom. The van der Waals surface area contributed by atoms with Crippen LogP contribution in [-0.2, 0) is 9.59 Å². The number of hydrogen-bond donors (Lipinski definition) is 3. The van der Waals surface area contributed by atoms with Gasteiger partial charge in [0.05, 0.1) is 6.04 Å². The minimum Gasteiger partial charge on any atom is -0.398 e. The molecule has 0 aromatic carbocycles. The number of amides is 2. The average molecular weight is 249 g/mol. The molecule has 4 N–H and O–H groups in total. The molecule has 0 bridgehead atoms. The standard InChI is InChI=1S/C13H19N3O2/c1-3-5-10(14)9(4-2)8-15-11-6-7-12(17)16-13(11)18/h3-5,11,15H,1,6-8,14H2,2H3,(H,16,17,18)/b9-4-,10-5+. The van der Waals surface area contributed by atoms with Crippen LogP contribution in [0.2, 0.25) is 0 Å². The van der Waals surface area contributed by atoms with E-state index in [2.05, 4.69) is 17.2 Å². The Morgan fingerprint density at radius 2 is 2.33 bits per heavy atom. The molecule has 1 rings (SSSR count). The third-order valence-corrected chi connectivity index (χ3v) is 2.79. The smallest absolute Gasteiger partial charge is 0.243 e. The first-order chi connectivity index (χ1) is 8.58. The van der Waals surface area contributed by atoms with E-state index in [0.717, 1.165) is 5.57 Å². The van der Waals surface area contributed by atoms with Gasteiger partial charge in [-0.25, -0.2) is 0 Å². The molecule has 1 aliphatic heterocycles. The minimum absolute atomic E-state index is 0.213. The summed E-state index contributed by atoms with van der Waals surface area (Å²) in [5.41, 5.74) is 7.36. The molecule has 0 saturated carbocycles. The van der Waals surface area contributed by atoms with Gasteiger partial charge < -0.3 is 11.1 Å². The van der Waals surface area contributed by atoms with E-state index in [1.165, 1.54) is 0 Å². The van der Waals surface area contributed by atoms with E-state index in [1.54, 1.807) is 12.2 Å². The molecule has 0 spiro atoms. The summed E-state index contributed by atoms with van der Waals surface area (Å²) in [7, 11) is 0. The van der Waals surface area contributed by atoms with Crippen LogP contribution in [0.1, 0.15) is 19.8 Å². The van der Waals surface area contributed by atoms with Gasteiger partial charge in [0.25, 0.3) is 0 Å². The molecule has 1 unspecified atom stereocenters. The Labute approximate surface area is 107 Å². The first-order valence-electron chi connectivity index (χ1n) is 5.89. The second-order valence-corrected chi connectivity index (χ2v) is 4.06. The molecule has 1 aliphatic rings. The molecule has 1 heterocycles. The molecule has 98 valence electrons. The van der Waals surface area contributed by atoms with Crippen molar-refractivity contribution in [2.75, 3.05) is 6.54 Å². The number of nitrogens with two attached hydrogens (primary N) is 1. The van der Waals surface area contributed by atoms with Gasteiger partial charge in [-0.15, -0.1) is 0 Å². The van der Waals surface area contributed by atoms with Gasteiger partial charge in [-0.05, 0) is 25.0 Å². The van der Waals surface area contributed by atoms with Crippen LogP contribution < -0.4 is 16.4 Å². The van der Waals surface area contributed by atoms with Crippen molar-refractivity contribution in [3.63, 3.8) is 0 Å². The van der Waals surface area contributed by atoms with Gasteiger partial charge in [-0.2, -0.15) is 0 Å². The van der Waals surface area contributed by atoms with Gasteiger partial charge >= 0.3 is 0 Å². The fourth-order valence-corrected chi connectivity index (χ4v) is 1.73. The molecule has 0 aromatic rings. The van der Waals surface area contributed by atoms with Crippen LogP contribution in [0, 0.1) is 0 Å². The monoisotopic (exact) mass is 249 g/mol. The van der Waals surface area contributed by atoms with Crippen LogP contribution in [-0.4, -0.2) is 24.4 Å². The Hall–Kier alpha value is -1.88. The average Bonchev–Trinajstić information content (AvgIpc) is 2.32. The highest BCUT2D eigenvalue weighted by molar-refractivity contribution is 6.00. The molecular weight excluding hydrogens is 230 g/mol. The predicted molar refractivity (Wildman–Crippen MR) is 70.4 cm³/mol. The van der Waals surface area contributed by atoms with Gasteiger partial charge in [0, 0.05) is 18.7 Å². The second kappa shape index (κ2) is 6.76. The van der Waals surface area contributed by atoms with Crippen LogP contribution in [0.5, 0.6) is 0 Å². The summed E-state index contributed by atoms with van der Waals surface area (Å²) in [4.78, 5) is 22.5. The summed E-state index contributed by atoms with van der Waals surface area (Å²) in [6.07, 6.45) is 6.10. The lowest BCUT2D eigenvalue weighted by Gasteiger charge is -2.22. The molecule has 1 saturated heterocycles. The molecular formula is C13H19N3O2. The molecule has 1 fully saturated rings. The molecule has 0 aliphatic carbocycles. The van der Waals surface area contributed by atoms with Crippen molar-refractivity contribution in [3.05, 3.63) is 36.1 Å². The van der Waals surface area contributed by atoms with E-state index < -0.39 is 0 Å². The van der Waals surface area contributed by atoms with E-state index in [1.807, 2.05) is 13.0 Å². The topological polar surface area (TPSA) is 84.2 Å². The summed E-state index contributed by atoms with van der Waals surface area (Å²) in [6.45, 7) is 5.95. The van der Waals surface area contributed by atoms with Crippen molar-refractivity contribution >= 4 is 11.8 Å². The lowest BCUT2D eigenvalue weighted by molar-refractivity contribution is -0.134. The van der Waals surface area contributed by atoms with E-state index in [4.69, 9.17) is 5.73 Å². The van der Waals surface area contributed by atoms with Crippen molar-refractivity contribution in [3.8, 4) is 0 Å². The molecule has 18 heavy (non-hydrogen) atoms. The highest BCUT2D eigenvalue weighted by Gasteiger charge is 2.25. The Morgan fingerprint density at radius 3 is 2.89 bits per heavy atom. The van der Waals surface area contributed by atoms with Gasteiger partial charge in [-0.3, -0.25) is 14.9 Å². The van der Waals surface area contributed by atoms with Crippen molar-refractivity contribution in [1.29, 1.82) is 0 Å². The van der Waals surface area contributed by atoms with E-state index in [0.29, 0.717) is 25.1 Å². The van der Waals surface area contributed by atoms with Crippen LogP contribution >= 0.6 is 0 Å². The summed E-state index contributed by atoms with van der Waals surface area (Å²) in [5, 5.41) is 5.40. The number of hydrogen-bond acceptors (Lipinski definition) is 4. The molecule has 5 heteroatoms. The third-order valence-electron chi connectivity index (χ3n) is 2.79. The number of rotatable bonds is 5. The highest BCUT2D eigenvalue weighted by atomic mass is 16.2. The van der Waals surface area contributed by atoms with Crippen molar-refractivity contribution in [2.45, 2.75) is 25.8 Å². The van der Waals surface area contributed by atoms with Gasteiger partial charge in [-0.1, -0.05) is 18.7 Å². The SMILES string of the molecule is C=C/C=C(N)\C(=C/C)CNC1CCC(=O)NC1=O. The quantitative estimate of drug-likeness (QED) is 0.485. The lowest BCUT2D eigenvalue weighted by atomic mass is 10.1. The Kier molecular flexibility index (Phi) is 5.32. The number of allylic oxidation sites excluding steroid dienone is 3. The predicted octanol–water partition coefficient (Wildman–Crippen LogP) is 0.356. The van der Waals surface area contributed by atoms with E-state index >= 15 is 0 Å². The largest absolute Gasteiger partial charge is 0.398 e. The van der Waals surface area contributed by atoms with E-state index in [9.17, 15) is 9.59 Å². The second-order valence-electron chi connectivity index (χ2n) is 4.06. The maximum Gasteiger partial charge on any atom is 0.243 e. The first kappa shape index (κ1) is 14.2. The maximum atomic E-state index is 11.5. The Bertz CT molecular complexity index is 410. The summed E-state index contributed by atoms with van der Waals surface area (Å²) >= 11 is 0. The van der Waals surface area contributed by atoms with Crippen LogP contribution in [0.4, 0.5) is 0 Å². The molecule has 0 radical (unpaired) electrons. The zero-order valence-corrected chi connectivity index (χ0v) is 10.5. The number of imide groups is 1. The van der Waals surface area contributed by atoms with Gasteiger partial charge in [0.1, 0.15) is 0 Å². The van der Waals surface area contributed by atoms with Crippen molar-refractivity contribution < 1.29 is 9.59 Å².